The highest BCUT2D eigenvalue weighted by molar-refractivity contribution is 5.19. The number of unbranched alkanes of at least 4 members (excludes halogenated alkanes) is 4. The lowest BCUT2D eigenvalue weighted by Crippen LogP contribution is -1.98. The van der Waals surface area contributed by atoms with E-state index >= 15 is 0 Å². The molecule has 0 saturated carbocycles. The van der Waals surface area contributed by atoms with Gasteiger partial charge in [-0.1, -0.05) is 32.6 Å². The summed E-state index contributed by atoms with van der Waals surface area (Å²) in [5.74, 6) is 0.785. The minimum absolute atomic E-state index is 0.0166. The maximum atomic E-state index is 8.82. The van der Waals surface area contributed by atoms with Crippen LogP contribution in [0.15, 0.2) is 18.3 Å². The quantitative estimate of drug-likeness (QED) is 0.689. The third-order valence-electron chi connectivity index (χ3n) is 2.48. The summed E-state index contributed by atoms with van der Waals surface area (Å²) in [6.45, 7) is 2.95. The van der Waals surface area contributed by atoms with E-state index in [1.807, 2.05) is 6.07 Å². The van der Waals surface area contributed by atoms with E-state index in [1.54, 1.807) is 12.3 Å². The van der Waals surface area contributed by atoms with Crippen LogP contribution in [0.5, 0.6) is 5.75 Å². The normalized spacial score (nSPS) is 10.4. The second-order valence-corrected chi connectivity index (χ2v) is 3.91. The summed E-state index contributed by atoms with van der Waals surface area (Å²) < 4.78 is 5.54. The lowest BCUT2D eigenvalue weighted by atomic mass is 10.2. The molecule has 3 heteroatoms. The van der Waals surface area contributed by atoms with Crippen LogP contribution in [0.1, 0.15) is 44.7 Å². The Kier molecular flexibility index (Phi) is 6.58. The van der Waals surface area contributed by atoms with Crippen molar-refractivity contribution in [2.24, 2.45) is 0 Å². The van der Waals surface area contributed by atoms with Gasteiger partial charge in [0.05, 0.1) is 25.1 Å². The van der Waals surface area contributed by atoms with Crippen LogP contribution in [-0.2, 0) is 6.61 Å². The molecule has 0 amide bonds. The number of ether oxygens (including phenoxy) is 1. The van der Waals surface area contributed by atoms with Crippen LogP contribution >= 0.6 is 0 Å². The Morgan fingerprint density at radius 3 is 2.62 bits per heavy atom. The van der Waals surface area contributed by atoms with Crippen LogP contribution < -0.4 is 4.74 Å². The monoisotopic (exact) mass is 223 g/mol. The first-order chi connectivity index (χ1) is 7.86. The first-order valence-corrected chi connectivity index (χ1v) is 6.05. The molecule has 0 atom stereocenters. The van der Waals surface area contributed by atoms with Crippen molar-refractivity contribution in [3.8, 4) is 5.75 Å². The second kappa shape index (κ2) is 8.11. The number of pyridine rings is 1. The number of aromatic nitrogens is 1. The van der Waals surface area contributed by atoms with E-state index in [2.05, 4.69) is 11.9 Å². The molecule has 0 bridgehead atoms. The van der Waals surface area contributed by atoms with Gasteiger partial charge < -0.3 is 9.84 Å². The van der Waals surface area contributed by atoms with Crippen molar-refractivity contribution in [2.75, 3.05) is 6.61 Å². The predicted octanol–water partition coefficient (Wildman–Crippen LogP) is 2.92. The highest BCUT2D eigenvalue weighted by Crippen LogP contribution is 2.10. The lowest BCUT2D eigenvalue weighted by Gasteiger charge is -2.05. The van der Waals surface area contributed by atoms with Crippen molar-refractivity contribution in [1.82, 2.24) is 4.98 Å². The largest absolute Gasteiger partial charge is 0.492 e. The zero-order chi connectivity index (χ0) is 11.6. The van der Waals surface area contributed by atoms with Gasteiger partial charge in [-0.25, -0.2) is 0 Å². The van der Waals surface area contributed by atoms with Gasteiger partial charge in [-0.05, 0) is 18.6 Å². The summed E-state index contributed by atoms with van der Waals surface area (Å²) in [7, 11) is 0. The van der Waals surface area contributed by atoms with Crippen molar-refractivity contribution in [3.63, 3.8) is 0 Å². The maximum Gasteiger partial charge on any atom is 0.137 e. The molecular weight excluding hydrogens is 202 g/mol. The average Bonchev–Trinajstić information content (AvgIpc) is 2.34. The molecule has 0 aliphatic carbocycles. The molecule has 1 rings (SSSR count). The molecular formula is C13H21NO2. The number of hydrogen-bond acceptors (Lipinski definition) is 3. The van der Waals surface area contributed by atoms with Crippen LogP contribution in [0.4, 0.5) is 0 Å². The molecule has 0 aliphatic rings. The summed E-state index contributed by atoms with van der Waals surface area (Å²) in [5.41, 5.74) is 0.676. The third kappa shape index (κ3) is 5.12. The Hall–Kier alpha value is -1.09. The third-order valence-corrected chi connectivity index (χ3v) is 2.48. The Bertz CT molecular complexity index is 272. The zero-order valence-electron chi connectivity index (χ0n) is 9.98. The van der Waals surface area contributed by atoms with Crippen molar-refractivity contribution in [1.29, 1.82) is 0 Å². The summed E-state index contributed by atoms with van der Waals surface area (Å²) in [6.07, 6.45) is 7.87. The molecule has 0 saturated heterocycles. The van der Waals surface area contributed by atoms with E-state index in [0.717, 1.165) is 18.8 Å². The number of aliphatic hydroxyl groups is 1. The molecule has 1 heterocycles. The van der Waals surface area contributed by atoms with E-state index in [9.17, 15) is 0 Å². The topological polar surface area (TPSA) is 42.4 Å². The van der Waals surface area contributed by atoms with Gasteiger partial charge >= 0.3 is 0 Å². The van der Waals surface area contributed by atoms with Gasteiger partial charge in [-0.3, -0.25) is 4.98 Å². The summed E-state index contributed by atoms with van der Waals surface area (Å²) in [6, 6.07) is 3.64. The fraction of sp³-hybridized carbons (Fsp3) is 0.615. The Balaban J connectivity index is 2.12. The van der Waals surface area contributed by atoms with Gasteiger partial charge in [0.2, 0.25) is 0 Å². The van der Waals surface area contributed by atoms with Crippen molar-refractivity contribution >= 4 is 0 Å². The molecule has 3 nitrogen and oxygen atoms in total. The molecule has 16 heavy (non-hydrogen) atoms. The van der Waals surface area contributed by atoms with Gasteiger partial charge in [0, 0.05) is 0 Å². The molecule has 0 radical (unpaired) electrons. The number of rotatable bonds is 8. The minimum atomic E-state index is -0.0166. The SMILES string of the molecule is CCCCCCCOc1ccc(CO)nc1. The highest BCUT2D eigenvalue weighted by Gasteiger charge is 1.96. The van der Waals surface area contributed by atoms with E-state index < -0.39 is 0 Å². The van der Waals surface area contributed by atoms with Crippen LogP contribution in [-0.4, -0.2) is 16.7 Å². The van der Waals surface area contributed by atoms with Crippen LogP contribution in [0.2, 0.25) is 0 Å². The zero-order valence-corrected chi connectivity index (χ0v) is 9.98. The molecule has 0 unspecified atom stereocenters. The molecule has 0 fully saturated rings. The van der Waals surface area contributed by atoms with Gasteiger partial charge in [0.1, 0.15) is 5.75 Å². The second-order valence-electron chi connectivity index (χ2n) is 3.91. The molecule has 0 spiro atoms. The van der Waals surface area contributed by atoms with Gasteiger partial charge in [-0.15, -0.1) is 0 Å². The fourth-order valence-electron chi connectivity index (χ4n) is 1.49. The Labute approximate surface area is 97.5 Å². The Morgan fingerprint density at radius 1 is 1.19 bits per heavy atom. The average molecular weight is 223 g/mol. The van der Waals surface area contributed by atoms with E-state index in [4.69, 9.17) is 9.84 Å². The smallest absolute Gasteiger partial charge is 0.137 e. The summed E-state index contributed by atoms with van der Waals surface area (Å²) >= 11 is 0. The van der Waals surface area contributed by atoms with E-state index in [0.29, 0.717) is 5.69 Å². The van der Waals surface area contributed by atoms with Crippen molar-refractivity contribution < 1.29 is 9.84 Å². The van der Waals surface area contributed by atoms with E-state index in [-0.39, 0.29) is 6.61 Å². The molecule has 1 aromatic rings. The van der Waals surface area contributed by atoms with Crippen LogP contribution in [0.3, 0.4) is 0 Å². The van der Waals surface area contributed by atoms with Gasteiger partial charge in [0.15, 0.2) is 0 Å². The standard InChI is InChI=1S/C13H21NO2/c1-2-3-4-5-6-9-16-13-8-7-12(11-15)14-10-13/h7-8,10,15H,2-6,9,11H2,1H3. The minimum Gasteiger partial charge on any atom is -0.492 e. The highest BCUT2D eigenvalue weighted by atomic mass is 16.5. The lowest BCUT2D eigenvalue weighted by molar-refractivity contribution is 0.275. The number of aliphatic hydroxyl groups excluding tert-OH is 1. The molecule has 90 valence electrons. The maximum absolute atomic E-state index is 8.82. The van der Waals surface area contributed by atoms with Gasteiger partial charge in [0.25, 0.3) is 0 Å². The van der Waals surface area contributed by atoms with Gasteiger partial charge in [-0.2, -0.15) is 0 Å². The first kappa shape index (κ1) is 13.0. The Morgan fingerprint density at radius 2 is 2.00 bits per heavy atom. The number of nitrogens with zero attached hydrogens (tertiary/aromatic N) is 1. The van der Waals surface area contributed by atoms with Crippen LogP contribution in [0.25, 0.3) is 0 Å². The van der Waals surface area contributed by atoms with Crippen LogP contribution in [0, 0.1) is 0 Å². The van der Waals surface area contributed by atoms with E-state index in [1.165, 1.54) is 25.7 Å². The molecule has 0 aromatic carbocycles. The summed E-state index contributed by atoms with van der Waals surface area (Å²) in [5, 5.41) is 8.82. The first-order valence-electron chi connectivity index (χ1n) is 6.05. The fourth-order valence-corrected chi connectivity index (χ4v) is 1.49. The predicted molar refractivity (Wildman–Crippen MR) is 64.4 cm³/mol. The van der Waals surface area contributed by atoms with Crippen molar-refractivity contribution in [2.45, 2.75) is 45.6 Å². The summed E-state index contributed by atoms with van der Waals surface area (Å²) in [4.78, 5) is 4.05. The van der Waals surface area contributed by atoms with Crippen molar-refractivity contribution in [3.05, 3.63) is 24.0 Å². The molecule has 1 aromatic heterocycles. The number of hydrogen-bond donors (Lipinski definition) is 1. The molecule has 1 N–H and O–H groups in total. The molecule has 0 aliphatic heterocycles.